The number of nitrogens with one attached hydrogen (secondary N) is 1. The van der Waals surface area contributed by atoms with Crippen molar-refractivity contribution in [3.8, 4) is 0 Å². The van der Waals surface area contributed by atoms with Gasteiger partial charge in [-0.15, -0.1) is 12.4 Å². The molecule has 1 fully saturated rings. The zero-order valence-corrected chi connectivity index (χ0v) is 13.3. The van der Waals surface area contributed by atoms with Crippen LogP contribution in [0.1, 0.15) is 18.4 Å². The van der Waals surface area contributed by atoms with Gasteiger partial charge < -0.3 is 16.0 Å². The molecule has 0 aliphatic carbocycles. The summed E-state index contributed by atoms with van der Waals surface area (Å²) in [4.78, 5) is 13.9. The highest BCUT2D eigenvalue weighted by Gasteiger charge is 2.22. The number of carbonyl (C=O) groups excluding carboxylic acids is 1. The van der Waals surface area contributed by atoms with E-state index in [1.807, 2.05) is 0 Å². The number of halogens is 1. The summed E-state index contributed by atoms with van der Waals surface area (Å²) in [7, 11) is 0. The maximum absolute atomic E-state index is 11.4. The highest BCUT2D eigenvalue weighted by Crippen LogP contribution is 2.15. The van der Waals surface area contributed by atoms with Crippen molar-refractivity contribution < 1.29 is 4.79 Å². The first kappa shape index (κ1) is 18.0. The summed E-state index contributed by atoms with van der Waals surface area (Å²) < 4.78 is 0. The van der Waals surface area contributed by atoms with Gasteiger partial charge in [-0.1, -0.05) is 30.3 Å². The SMILES string of the molecule is Cl.NCCC(=O)NCC1CCN(CCc2ccccc2)C1. The van der Waals surface area contributed by atoms with E-state index in [4.69, 9.17) is 5.73 Å². The van der Waals surface area contributed by atoms with Crippen molar-refractivity contribution in [2.75, 3.05) is 32.7 Å². The van der Waals surface area contributed by atoms with Gasteiger partial charge >= 0.3 is 0 Å². The van der Waals surface area contributed by atoms with Gasteiger partial charge in [0.1, 0.15) is 0 Å². The maximum atomic E-state index is 11.4. The second-order valence-corrected chi connectivity index (χ2v) is 5.53. The van der Waals surface area contributed by atoms with Crippen LogP contribution < -0.4 is 11.1 Å². The molecule has 118 valence electrons. The number of carbonyl (C=O) groups is 1. The van der Waals surface area contributed by atoms with E-state index in [0.29, 0.717) is 18.9 Å². The molecule has 1 aliphatic rings. The molecule has 2 rings (SSSR count). The van der Waals surface area contributed by atoms with Crippen LogP contribution in [0.4, 0.5) is 0 Å². The summed E-state index contributed by atoms with van der Waals surface area (Å²) in [6.07, 6.45) is 2.72. The molecule has 3 N–H and O–H groups in total. The lowest BCUT2D eigenvalue weighted by molar-refractivity contribution is -0.121. The molecule has 1 atom stereocenters. The minimum Gasteiger partial charge on any atom is -0.356 e. The van der Waals surface area contributed by atoms with E-state index in [1.54, 1.807) is 0 Å². The summed E-state index contributed by atoms with van der Waals surface area (Å²) >= 11 is 0. The van der Waals surface area contributed by atoms with E-state index in [1.165, 1.54) is 12.0 Å². The topological polar surface area (TPSA) is 58.4 Å². The fraction of sp³-hybridized carbons (Fsp3) is 0.562. The molecule has 5 heteroatoms. The zero-order chi connectivity index (χ0) is 14.2. The van der Waals surface area contributed by atoms with Crippen LogP contribution in [0, 0.1) is 5.92 Å². The lowest BCUT2D eigenvalue weighted by atomic mass is 10.1. The van der Waals surface area contributed by atoms with Crippen LogP contribution in [0.15, 0.2) is 30.3 Å². The molecule has 4 nitrogen and oxygen atoms in total. The fourth-order valence-electron chi connectivity index (χ4n) is 2.69. The average Bonchev–Trinajstić information content (AvgIpc) is 2.92. The van der Waals surface area contributed by atoms with Gasteiger partial charge in [-0.2, -0.15) is 0 Å². The predicted molar refractivity (Wildman–Crippen MR) is 88.6 cm³/mol. The van der Waals surface area contributed by atoms with Gasteiger partial charge in [0.15, 0.2) is 0 Å². The van der Waals surface area contributed by atoms with Crippen LogP contribution in [-0.2, 0) is 11.2 Å². The van der Waals surface area contributed by atoms with E-state index in [2.05, 4.69) is 40.5 Å². The zero-order valence-electron chi connectivity index (χ0n) is 12.5. The molecule has 1 amide bonds. The fourth-order valence-corrected chi connectivity index (χ4v) is 2.69. The molecular weight excluding hydrogens is 286 g/mol. The van der Waals surface area contributed by atoms with Crippen LogP contribution >= 0.6 is 12.4 Å². The first-order valence-electron chi connectivity index (χ1n) is 7.51. The Morgan fingerprint density at radius 2 is 2.10 bits per heavy atom. The van der Waals surface area contributed by atoms with Crippen LogP contribution in [0.25, 0.3) is 0 Å². The Bertz CT molecular complexity index is 413. The molecular formula is C16H26ClN3O. The Labute approximate surface area is 133 Å². The van der Waals surface area contributed by atoms with E-state index >= 15 is 0 Å². The standard InChI is InChI=1S/C16H25N3O.ClH/c17-9-6-16(20)18-12-15-8-11-19(13-15)10-7-14-4-2-1-3-5-14;/h1-5,15H,6-13,17H2,(H,18,20);1H. The largest absolute Gasteiger partial charge is 0.356 e. The number of likely N-dealkylation sites (tertiary alicyclic amines) is 1. The molecule has 0 bridgehead atoms. The second kappa shape index (κ2) is 9.77. The van der Waals surface area contributed by atoms with Crippen LogP contribution in [0.2, 0.25) is 0 Å². The summed E-state index contributed by atoms with van der Waals surface area (Å²) in [5.41, 5.74) is 6.76. The third-order valence-corrected chi connectivity index (χ3v) is 3.89. The van der Waals surface area contributed by atoms with Gasteiger partial charge in [-0.25, -0.2) is 0 Å². The van der Waals surface area contributed by atoms with Gasteiger partial charge in [0, 0.05) is 32.6 Å². The molecule has 0 aromatic heterocycles. The number of hydrogen-bond acceptors (Lipinski definition) is 3. The lowest BCUT2D eigenvalue weighted by Gasteiger charge is -2.16. The number of amides is 1. The quantitative estimate of drug-likeness (QED) is 0.801. The van der Waals surface area contributed by atoms with E-state index in [-0.39, 0.29) is 18.3 Å². The van der Waals surface area contributed by atoms with Crippen molar-refractivity contribution in [1.82, 2.24) is 10.2 Å². The summed E-state index contributed by atoms with van der Waals surface area (Å²) in [5, 5.41) is 2.97. The Morgan fingerprint density at radius 3 is 2.81 bits per heavy atom. The van der Waals surface area contributed by atoms with Crippen molar-refractivity contribution in [3.05, 3.63) is 35.9 Å². The molecule has 1 heterocycles. The third kappa shape index (κ3) is 6.46. The number of benzene rings is 1. The monoisotopic (exact) mass is 311 g/mol. The minimum absolute atomic E-state index is 0. The summed E-state index contributed by atoms with van der Waals surface area (Å²) in [5.74, 6) is 0.669. The van der Waals surface area contributed by atoms with Gasteiger partial charge in [-0.05, 0) is 30.9 Å². The van der Waals surface area contributed by atoms with Gasteiger partial charge in [0.05, 0.1) is 0 Å². The number of nitrogens with zero attached hydrogens (tertiary/aromatic N) is 1. The molecule has 1 aliphatic heterocycles. The normalized spacial score (nSPS) is 18.2. The Balaban J connectivity index is 0.00000220. The maximum Gasteiger partial charge on any atom is 0.221 e. The highest BCUT2D eigenvalue weighted by atomic mass is 35.5. The average molecular weight is 312 g/mol. The van der Waals surface area contributed by atoms with Crippen molar-refractivity contribution >= 4 is 18.3 Å². The van der Waals surface area contributed by atoms with E-state index < -0.39 is 0 Å². The van der Waals surface area contributed by atoms with Crippen molar-refractivity contribution in [1.29, 1.82) is 0 Å². The summed E-state index contributed by atoms with van der Waals surface area (Å²) in [6.45, 7) is 4.57. The minimum atomic E-state index is 0. The molecule has 1 unspecified atom stereocenters. The van der Waals surface area contributed by atoms with Gasteiger partial charge in [0.25, 0.3) is 0 Å². The summed E-state index contributed by atoms with van der Waals surface area (Å²) in [6, 6.07) is 10.6. The first-order valence-corrected chi connectivity index (χ1v) is 7.51. The van der Waals surface area contributed by atoms with Crippen LogP contribution in [-0.4, -0.2) is 43.5 Å². The smallest absolute Gasteiger partial charge is 0.221 e. The van der Waals surface area contributed by atoms with Crippen molar-refractivity contribution in [2.45, 2.75) is 19.3 Å². The number of hydrogen-bond donors (Lipinski definition) is 2. The predicted octanol–water partition coefficient (Wildman–Crippen LogP) is 1.44. The molecule has 0 spiro atoms. The third-order valence-electron chi connectivity index (χ3n) is 3.89. The molecule has 1 aromatic carbocycles. The van der Waals surface area contributed by atoms with Crippen molar-refractivity contribution in [2.24, 2.45) is 11.7 Å². The highest BCUT2D eigenvalue weighted by molar-refractivity contribution is 5.85. The number of rotatable bonds is 7. The Kier molecular flexibility index (Phi) is 8.35. The number of nitrogens with two attached hydrogens (primary N) is 1. The second-order valence-electron chi connectivity index (χ2n) is 5.53. The molecule has 0 radical (unpaired) electrons. The van der Waals surface area contributed by atoms with E-state index in [9.17, 15) is 4.79 Å². The van der Waals surface area contributed by atoms with Crippen LogP contribution in [0.3, 0.4) is 0 Å². The Morgan fingerprint density at radius 1 is 1.33 bits per heavy atom. The molecule has 0 saturated carbocycles. The first-order chi connectivity index (χ1) is 9.78. The molecule has 1 aromatic rings. The Hall–Kier alpha value is -1.10. The van der Waals surface area contributed by atoms with Gasteiger partial charge in [-0.3, -0.25) is 4.79 Å². The molecule has 21 heavy (non-hydrogen) atoms. The lowest BCUT2D eigenvalue weighted by Crippen LogP contribution is -2.32. The van der Waals surface area contributed by atoms with Gasteiger partial charge in [0.2, 0.25) is 5.91 Å². The van der Waals surface area contributed by atoms with Crippen LogP contribution in [0.5, 0.6) is 0 Å². The van der Waals surface area contributed by atoms with Crippen molar-refractivity contribution in [3.63, 3.8) is 0 Å². The van der Waals surface area contributed by atoms with E-state index in [0.717, 1.165) is 32.6 Å². The molecule has 1 saturated heterocycles.